The van der Waals surface area contributed by atoms with Gasteiger partial charge in [-0.3, -0.25) is 4.79 Å². The molecule has 1 N–H and O–H groups in total. The highest BCUT2D eigenvalue weighted by Gasteiger charge is 2.19. The third-order valence-corrected chi connectivity index (χ3v) is 4.58. The molecule has 0 spiro atoms. The molecule has 1 aromatic rings. The number of amides is 3. The number of carbonyl (C=O) groups excluding carboxylic acids is 2. The van der Waals surface area contributed by atoms with Crippen molar-refractivity contribution in [3.8, 4) is 0 Å². The molecule has 0 aromatic heterocycles. The average Bonchev–Trinajstić information content (AvgIpc) is 3.08. The lowest BCUT2D eigenvalue weighted by molar-refractivity contribution is -0.129. The largest absolute Gasteiger partial charge is 0.343 e. The van der Waals surface area contributed by atoms with Gasteiger partial charge < -0.3 is 15.1 Å². The number of rotatable bonds is 5. The molecule has 1 unspecified atom stereocenters. The lowest BCUT2D eigenvalue weighted by Crippen LogP contribution is -2.40. The minimum Gasteiger partial charge on any atom is -0.343 e. The number of halogens is 1. The van der Waals surface area contributed by atoms with Crippen molar-refractivity contribution in [3.05, 3.63) is 34.9 Å². The Labute approximate surface area is 142 Å². The monoisotopic (exact) mass is 337 g/mol. The first-order valence-electron chi connectivity index (χ1n) is 8.03. The fourth-order valence-corrected chi connectivity index (χ4v) is 2.79. The second-order valence-corrected chi connectivity index (χ2v) is 6.34. The summed E-state index contributed by atoms with van der Waals surface area (Å²) in [4.78, 5) is 27.6. The lowest BCUT2D eigenvalue weighted by atomic mass is 10.1. The van der Waals surface area contributed by atoms with E-state index in [2.05, 4.69) is 5.32 Å². The summed E-state index contributed by atoms with van der Waals surface area (Å²) >= 11 is 5.88. The number of carbonyl (C=O) groups is 2. The van der Waals surface area contributed by atoms with Crippen LogP contribution >= 0.6 is 11.6 Å². The smallest absolute Gasteiger partial charge is 0.317 e. The molecule has 0 aliphatic carbocycles. The number of benzene rings is 1. The molecule has 1 heterocycles. The minimum atomic E-state index is -0.179. The Hall–Kier alpha value is -1.75. The van der Waals surface area contributed by atoms with E-state index in [9.17, 15) is 9.59 Å². The van der Waals surface area contributed by atoms with Gasteiger partial charge in [-0.2, -0.15) is 0 Å². The van der Waals surface area contributed by atoms with E-state index in [-0.39, 0.29) is 18.0 Å². The number of urea groups is 1. The van der Waals surface area contributed by atoms with Crippen molar-refractivity contribution in [2.45, 2.75) is 32.2 Å². The maximum Gasteiger partial charge on any atom is 0.317 e. The molecule has 2 rings (SSSR count). The van der Waals surface area contributed by atoms with Crippen LogP contribution in [0.25, 0.3) is 0 Å². The molecule has 126 valence electrons. The molecule has 1 aliphatic heterocycles. The molecule has 3 amide bonds. The molecule has 0 saturated carbocycles. The molecule has 6 heteroatoms. The molecule has 23 heavy (non-hydrogen) atoms. The Bertz CT molecular complexity index is 541. The van der Waals surface area contributed by atoms with Crippen molar-refractivity contribution < 1.29 is 9.59 Å². The van der Waals surface area contributed by atoms with Crippen LogP contribution in [0.3, 0.4) is 0 Å². The molecule has 1 fully saturated rings. The first-order chi connectivity index (χ1) is 11.0. The van der Waals surface area contributed by atoms with Gasteiger partial charge in [0.25, 0.3) is 0 Å². The van der Waals surface area contributed by atoms with Crippen molar-refractivity contribution in [1.29, 1.82) is 0 Å². The summed E-state index contributed by atoms with van der Waals surface area (Å²) in [5, 5.41) is 3.49. The van der Waals surface area contributed by atoms with E-state index < -0.39 is 0 Å². The predicted molar refractivity (Wildman–Crippen MR) is 91.5 cm³/mol. The highest BCUT2D eigenvalue weighted by atomic mass is 35.5. The summed E-state index contributed by atoms with van der Waals surface area (Å²) in [5.41, 5.74) is 1.01. The van der Waals surface area contributed by atoms with Gasteiger partial charge in [0.2, 0.25) is 5.91 Å². The van der Waals surface area contributed by atoms with Gasteiger partial charge >= 0.3 is 6.03 Å². The van der Waals surface area contributed by atoms with Crippen molar-refractivity contribution in [1.82, 2.24) is 15.1 Å². The maximum absolute atomic E-state index is 12.2. The minimum absolute atomic E-state index is 0.0680. The number of hydrogen-bond donors (Lipinski definition) is 1. The second kappa shape index (κ2) is 8.20. The molecule has 1 saturated heterocycles. The van der Waals surface area contributed by atoms with Crippen LogP contribution < -0.4 is 5.32 Å². The van der Waals surface area contributed by atoms with Crippen molar-refractivity contribution in [2.75, 3.05) is 26.7 Å². The van der Waals surface area contributed by atoms with E-state index in [0.29, 0.717) is 18.0 Å². The SMILES string of the molecule is CC(c1ccc(Cl)cc1)N(C)C(=O)NCCC(=O)N1CCCC1. The Kier molecular flexibility index (Phi) is 6.28. The summed E-state index contributed by atoms with van der Waals surface area (Å²) in [6.07, 6.45) is 2.52. The third kappa shape index (κ3) is 4.86. The van der Waals surface area contributed by atoms with Gasteiger partial charge in [0.1, 0.15) is 0 Å². The highest BCUT2D eigenvalue weighted by Crippen LogP contribution is 2.20. The zero-order valence-corrected chi connectivity index (χ0v) is 14.5. The van der Waals surface area contributed by atoms with Crippen molar-refractivity contribution >= 4 is 23.5 Å². The van der Waals surface area contributed by atoms with E-state index in [1.807, 2.05) is 36.1 Å². The van der Waals surface area contributed by atoms with Crippen LogP contribution in [0, 0.1) is 0 Å². The summed E-state index contributed by atoms with van der Waals surface area (Å²) < 4.78 is 0. The van der Waals surface area contributed by atoms with Gasteiger partial charge in [-0.25, -0.2) is 4.79 Å². The average molecular weight is 338 g/mol. The van der Waals surface area contributed by atoms with Gasteiger partial charge in [0, 0.05) is 38.1 Å². The zero-order valence-electron chi connectivity index (χ0n) is 13.7. The molecule has 1 aromatic carbocycles. The highest BCUT2D eigenvalue weighted by molar-refractivity contribution is 6.30. The van der Waals surface area contributed by atoms with Gasteiger partial charge in [-0.15, -0.1) is 0 Å². The van der Waals surface area contributed by atoms with Crippen molar-refractivity contribution in [3.63, 3.8) is 0 Å². The van der Waals surface area contributed by atoms with E-state index in [4.69, 9.17) is 11.6 Å². The lowest BCUT2D eigenvalue weighted by Gasteiger charge is -2.26. The number of nitrogens with zero attached hydrogens (tertiary/aromatic N) is 2. The van der Waals surface area contributed by atoms with E-state index in [0.717, 1.165) is 31.5 Å². The molecule has 1 atom stereocenters. The molecule has 0 bridgehead atoms. The Morgan fingerprint density at radius 2 is 1.87 bits per heavy atom. The van der Waals surface area contributed by atoms with Crippen LogP contribution in [-0.2, 0) is 4.79 Å². The fraction of sp³-hybridized carbons (Fsp3) is 0.529. The van der Waals surface area contributed by atoms with Gasteiger partial charge in [-0.1, -0.05) is 23.7 Å². The maximum atomic E-state index is 12.2. The molecule has 5 nitrogen and oxygen atoms in total. The van der Waals surface area contributed by atoms with Crippen LogP contribution in [-0.4, -0.2) is 48.4 Å². The Balaban J connectivity index is 1.77. The molecular formula is C17H24ClN3O2. The number of hydrogen-bond acceptors (Lipinski definition) is 2. The molecule has 0 radical (unpaired) electrons. The normalized spacial score (nSPS) is 15.3. The first-order valence-corrected chi connectivity index (χ1v) is 8.40. The summed E-state index contributed by atoms with van der Waals surface area (Å²) in [7, 11) is 1.75. The van der Waals surface area contributed by atoms with E-state index >= 15 is 0 Å². The van der Waals surface area contributed by atoms with Crippen LogP contribution in [0.4, 0.5) is 4.79 Å². The fourth-order valence-electron chi connectivity index (χ4n) is 2.67. The second-order valence-electron chi connectivity index (χ2n) is 5.91. The van der Waals surface area contributed by atoms with Gasteiger partial charge in [-0.05, 0) is 37.5 Å². The number of nitrogens with one attached hydrogen (secondary N) is 1. The van der Waals surface area contributed by atoms with Crippen LogP contribution in [0.15, 0.2) is 24.3 Å². The third-order valence-electron chi connectivity index (χ3n) is 4.33. The standard InChI is InChI=1S/C17H24ClN3O2/c1-13(14-5-7-15(18)8-6-14)20(2)17(23)19-10-9-16(22)21-11-3-4-12-21/h5-8,13H,3-4,9-12H2,1-2H3,(H,19,23). The van der Waals surface area contributed by atoms with Crippen LogP contribution in [0.2, 0.25) is 5.02 Å². The summed E-state index contributed by atoms with van der Waals surface area (Å²) in [6, 6.07) is 7.20. The van der Waals surface area contributed by atoms with E-state index in [1.54, 1.807) is 11.9 Å². The summed E-state index contributed by atoms with van der Waals surface area (Å²) in [6.45, 7) is 4.02. The van der Waals surface area contributed by atoms with Crippen LogP contribution in [0.5, 0.6) is 0 Å². The quantitative estimate of drug-likeness (QED) is 0.897. The number of likely N-dealkylation sites (tertiary alicyclic amines) is 1. The van der Waals surface area contributed by atoms with Crippen LogP contribution in [0.1, 0.15) is 37.8 Å². The summed E-state index contributed by atoms with van der Waals surface area (Å²) in [5.74, 6) is 0.121. The van der Waals surface area contributed by atoms with Crippen molar-refractivity contribution in [2.24, 2.45) is 0 Å². The Morgan fingerprint density at radius 3 is 2.48 bits per heavy atom. The zero-order chi connectivity index (χ0) is 16.8. The van der Waals surface area contributed by atoms with E-state index in [1.165, 1.54) is 0 Å². The first kappa shape index (κ1) is 17.6. The van der Waals surface area contributed by atoms with Gasteiger partial charge in [0.15, 0.2) is 0 Å². The Morgan fingerprint density at radius 1 is 1.26 bits per heavy atom. The molecule has 1 aliphatic rings. The van der Waals surface area contributed by atoms with Gasteiger partial charge in [0.05, 0.1) is 6.04 Å². The molecular weight excluding hydrogens is 314 g/mol. The topological polar surface area (TPSA) is 52.7 Å². The predicted octanol–water partition coefficient (Wildman–Crippen LogP) is 3.05.